The lowest BCUT2D eigenvalue weighted by Crippen LogP contribution is -2.14. The molecule has 0 amide bonds. The molecule has 0 aliphatic heterocycles. The summed E-state index contributed by atoms with van der Waals surface area (Å²) in [6.07, 6.45) is 5.69. The quantitative estimate of drug-likeness (QED) is 0.693. The lowest BCUT2D eigenvalue weighted by Gasteiger charge is -2.04. The minimum absolute atomic E-state index is 0.0365. The lowest BCUT2D eigenvalue weighted by atomic mass is 10.2. The monoisotopic (exact) mass is 287 g/mol. The van der Waals surface area contributed by atoms with Crippen LogP contribution in [0.4, 0.5) is 0 Å². The molecule has 0 radical (unpaired) electrons. The summed E-state index contributed by atoms with van der Waals surface area (Å²) in [4.78, 5) is 23.7. The minimum atomic E-state index is 0.0365. The predicted octanol–water partition coefficient (Wildman–Crippen LogP) is 2.51. The average molecular weight is 287 g/mol. The Morgan fingerprint density at radius 2 is 2.25 bits per heavy atom. The molecule has 4 nitrogen and oxygen atoms in total. The Balaban J connectivity index is 1.72. The minimum Gasteiger partial charge on any atom is -0.301 e. The maximum absolute atomic E-state index is 11.9. The van der Waals surface area contributed by atoms with E-state index in [2.05, 4.69) is 34.0 Å². The zero-order valence-corrected chi connectivity index (χ0v) is 12.3. The summed E-state index contributed by atoms with van der Waals surface area (Å²) in [6, 6.07) is 4.14. The fraction of sp³-hybridized carbons (Fsp3) is 0.400. The van der Waals surface area contributed by atoms with Crippen LogP contribution in [-0.4, -0.2) is 15.0 Å². The molecule has 0 atom stereocenters. The first kappa shape index (κ1) is 13.4. The molecule has 104 valence electrons. The second-order valence-corrected chi connectivity index (χ2v) is 5.91. The number of aromatic nitrogens is 3. The van der Waals surface area contributed by atoms with Crippen molar-refractivity contribution in [3.63, 3.8) is 0 Å². The normalized spacial score (nSPS) is 13.4. The first-order valence-electron chi connectivity index (χ1n) is 6.95. The fourth-order valence-corrected chi connectivity index (χ4v) is 3.20. The number of H-pyrrole nitrogens is 1. The topological polar surface area (TPSA) is 58.6 Å². The summed E-state index contributed by atoms with van der Waals surface area (Å²) >= 11 is 1.56. The van der Waals surface area contributed by atoms with E-state index in [0.29, 0.717) is 0 Å². The maximum Gasteiger partial charge on any atom is 0.254 e. The number of aryl methyl sites for hydroxylation is 2. The number of aromatic amines is 1. The molecule has 0 aromatic carbocycles. The maximum atomic E-state index is 11.9. The molecular formula is C15H17N3OS. The highest BCUT2D eigenvalue weighted by atomic mass is 32.2. The molecule has 1 aliphatic rings. The summed E-state index contributed by atoms with van der Waals surface area (Å²) in [7, 11) is 0. The summed E-state index contributed by atoms with van der Waals surface area (Å²) in [5, 5.41) is 0.718. The van der Waals surface area contributed by atoms with Gasteiger partial charge in [-0.05, 0) is 37.3 Å². The second kappa shape index (κ2) is 5.79. The fourth-order valence-electron chi connectivity index (χ4n) is 2.39. The zero-order chi connectivity index (χ0) is 13.9. The SMILES string of the molecule is CCc1ccc(CSc2nc3c(c(=O)[nH]2)CCC3)cn1. The largest absolute Gasteiger partial charge is 0.301 e. The third-order valence-corrected chi connectivity index (χ3v) is 4.49. The highest BCUT2D eigenvalue weighted by Gasteiger charge is 2.17. The molecule has 1 N–H and O–H groups in total. The van der Waals surface area contributed by atoms with Gasteiger partial charge in [0.25, 0.3) is 5.56 Å². The van der Waals surface area contributed by atoms with Crippen LogP contribution in [0.2, 0.25) is 0 Å². The van der Waals surface area contributed by atoms with Crippen LogP contribution in [-0.2, 0) is 25.0 Å². The van der Waals surface area contributed by atoms with Crippen LogP contribution in [0.3, 0.4) is 0 Å². The average Bonchev–Trinajstić information content (AvgIpc) is 2.94. The van der Waals surface area contributed by atoms with Crippen molar-refractivity contribution >= 4 is 11.8 Å². The van der Waals surface area contributed by atoms with Gasteiger partial charge in [0.15, 0.2) is 5.16 Å². The summed E-state index contributed by atoms with van der Waals surface area (Å²) in [6.45, 7) is 2.09. The van der Waals surface area contributed by atoms with Crippen LogP contribution in [0.1, 0.15) is 35.9 Å². The third-order valence-electron chi connectivity index (χ3n) is 3.54. The van der Waals surface area contributed by atoms with Gasteiger partial charge in [0.1, 0.15) is 0 Å². The van der Waals surface area contributed by atoms with Crippen molar-refractivity contribution in [1.82, 2.24) is 15.0 Å². The standard InChI is InChI=1S/C15H17N3OS/c1-2-11-7-6-10(8-16-11)9-20-15-17-13-5-3-4-12(13)14(19)18-15/h6-8H,2-5,9H2,1H3,(H,17,18,19). The van der Waals surface area contributed by atoms with E-state index < -0.39 is 0 Å². The number of nitrogens with zero attached hydrogens (tertiary/aromatic N) is 2. The van der Waals surface area contributed by atoms with Gasteiger partial charge in [-0.25, -0.2) is 4.98 Å². The molecule has 0 bridgehead atoms. The Morgan fingerprint density at radius 1 is 1.35 bits per heavy atom. The van der Waals surface area contributed by atoms with Crippen molar-refractivity contribution in [3.8, 4) is 0 Å². The van der Waals surface area contributed by atoms with Gasteiger partial charge >= 0.3 is 0 Å². The van der Waals surface area contributed by atoms with Crippen LogP contribution in [0.25, 0.3) is 0 Å². The molecule has 2 aromatic heterocycles. The number of fused-ring (bicyclic) bond motifs is 1. The van der Waals surface area contributed by atoms with Gasteiger partial charge in [0.05, 0.1) is 5.69 Å². The Kier molecular flexibility index (Phi) is 3.87. The summed E-state index contributed by atoms with van der Waals surface area (Å²) in [5.41, 5.74) is 4.15. The molecule has 0 saturated heterocycles. The number of rotatable bonds is 4. The van der Waals surface area contributed by atoms with E-state index in [1.165, 1.54) is 0 Å². The van der Waals surface area contributed by atoms with Crippen molar-refractivity contribution < 1.29 is 0 Å². The molecule has 3 rings (SSSR count). The second-order valence-electron chi connectivity index (χ2n) is 4.95. The van der Waals surface area contributed by atoms with Gasteiger partial charge in [-0.3, -0.25) is 9.78 Å². The van der Waals surface area contributed by atoms with Gasteiger partial charge in [-0.1, -0.05) is 24.8 Å². The van der Waals surface area contributed by atoms with Crippen LogP contribution >= 0.6 is 11.8 Å². The molecule has 2 aromatic rings. The third kappa shape index (κ3) is 2.77. The van der Waals surface area contributed by atoms with Crippen molar-refractivity contribution in [2.24, 2.45) is 0 Å². The van der Waals surface area contributed by atoms with E-state index in [9.17, 15) is 4.79 Å². The van der Waals surface area contributed by atoms with Crippen molar-refractivity contribution in [1.29, 1.82) is 0 Å². The van der Waals surface area contributed by atoms with Crippen LogP contribution in [0, 0.1) is 0 Å². The number of pyridine rings is 1. The zero-order valence-electron chi connectivity index (χ0n) is 11.5. The molecule has 0 unspecified atom stereocenters. The molecule has 0 saturated carbocycles. The van der Waals surface area contributed by atoms with Crippen molar-refractivity contribution in [3.05, 3.63) is 51.2 Å². The number of nitrogens with one attached hydrogen (secondary N) is 1. The van der Waals surface area contributed by atoms with Gasteiger partial charge in [0, 0.05) is 23.2 Å². The van der Waals surface area contributed by atoms with E-state index in [-0.39, 0.29) is 5.56 Å². The summed E-state index contributed by atoms with van der Waals surface area (Å²) in [5.74, 6) is 0.777. The van der Waals surface area contributed by atoms with Crippen LogP contribution in [0.5, 0.6) is 0 Å². The summed E-state index contributed by atoms with van der Waals surface area (Å²) < 4.78 is 0. The Bertz CT molecular complexity index is 664. The van der Waals surface area contributed by atoms with E-state index in [4.69, 9.17) is 0 Å². The van der Waals surface area contributed by atoms with Crippen molar-refractivity contribution in [2.45, 2.75) is 43.5 Å². The molecule has 2 heterocycles. The lowest BCUT2D eigenvalue weighted by molar-refractivity contribution is 0.869. The molecular weight excluding hydrogens is 270 g/mol. The number of thioether (sulfide) groups is 1. The Hall–Kier alpha value is -1.62. The van der Waals surface area contributed by atoms with Gasteiger partial charge in [-0.2, -0.15) is 0 Å². The van der Waals surface area contributed by atoms with E-state index in [1.54, 1.807) is 11.8 Å². The van der Waals surface area contributed by atoms with Crippen LogP contribution in [0.15, 0.2) is 28.3 Å². The van der Waals surface area contributed by atoms with Crippen LogP contribution < -0.4 is 5.56 Å². The first-order chi connectivity index (χ1) is 9.76. The molecule has 5 heteroatoms. The number of hydrogen-bond donors (Lipinski definition) is 1. The smallest absolute Gasteiger partial charge is 0.254 e. The van der Waals surface area contributed by atoms with E-state index >= 15 is 0 Å². The number of hydrogen-bond acceptors (Lipinski definition) is 4. The van der Waals surface area contributed by atoms with Gasteiger partial charge in [0.2, 0.25) is 0 Å². The molecule has 1 aliphatic carbocycles. The highest BCUT2D eigenvalue weighted by molar-refractivity contribution is 7.98. The highest BCUT2D eigenvalue weighted by Crippen LogP contribution is 2.22. The van der Waals surface area contributed by atoms with Crippen molar-refractivity contribution in [2.75, 3.05) is 0 Å². The van der Waals surface area contributed by atoms with Gasteiger partial charge < -0.3 is 4.98 Å². The van der Waals surface area contributed by atoms with E-state index in [1.807, 2.05) is 6.20 Å². The Labute approximate surface area is 122 Å². The van der Waals surface area contributed by atoms with E-state index in [0.717, 1.165) is 59.1 Å². The molecule has 0 fully saturated rings. The molecule has 20 heavy (non-hydrogen) atoms. The molecule has 0 spiro atoms. The first-order valence-corrected chi connectivity index (χ1v) is 7.93. The van der Waals surface area contributed by atoms with Gasteiger partial charge in [-0.15, -0.1) is 0 Å². The predicted molar refractivity (Wildman–Crippen MR) is 80.1 cm³/mol. The Morgan fingerprint density at radius 3 is 3.00 bits per heavy atom.